The molecule has 0 unspecified atom stereocenters. The van der Waals surface area contributed by atoms with Gasteiger partial charge in [-0.25, -0.2) is 4.98 Å². The second-order valence-corrected chi connectivity index (χ2v) is 6.38. The van der Waals surface area contributed by atoms with Gasteiger partial charge in [-0.15, -0.1) is 0 Å². The summed E-state index contributed by atoms with van der Waals surface area (Å²) in [6.45, 7) is 0. The van der Waals surface area contributed by atoms with Crippen molar-refractivity contribution in [3.63, 3.8) is 0 Å². The van der Waals surface area contributed by atoms with Crippen molar-refractivity contribution < 1.29 is 18.4 Å². The molecule has 0 atom stereocenters. The minimum Gasteiger partial charge on any atom is -0.461 e. The second kappa shape index (κ2) is 8.04. The molecule has 0 spiro atoms. The Hall–Kier alpha value is -3.84. The van der Waals surface area contributed by atoms with E-state index >= 15 is 0 Å². The average molecular weight is 408 g/mol. The zero-order valence-electron chi connectivity index (χ0n) is 14.9. The topological polar surface area (TPSA) is 97.4 Å². The first-order valence-electron chi connectivity index (χ1n) is 8.56. The molecule has 0 aliphatic rings. The van der Waals surface area contributed by atoms with Gasteiger partial charge in [0, 0.05) is 11.3 Å². The first-order valence-corrected chi connectivity index (χ1v) is 8.94. The number of carbonyl (C=O) groups is 2. The van der Waals surface area contributed by atoms with E-state index in [9.17, 15) is 9.59 Å². The van der Waals surface area contributed by atoms with E-state index in [1.165, 1.54) is 18.4 Å². The fourth-order valence-electron chi connectivity index (χ4n) is 2.66. The van der Waals surface area contributed by atoms with Crippen LogP contribution < -0.4 is 10.6 Å². The molecule has 0 radical (unpaired) electrons. The zero-order valence-corrected chi connectivity index (χ0v) is 15.6. The minimum absolute atomic E-state index is 0.0372. The van der Waals surface area contributed by atoms with Crippen molar-refractivity contribution in [2.75, 3.05) is 10.6 Å². The second-order valence-electron chi connectivity index (χ2n) is 5.98. The number of rotatable bonds is 5. The van der Waals surface area contributed by atoms with Gasteiger partial charge >= 0.3 is 0 Å². The van der Waals surface area contributed by atoms with Crippen LogP contribution in [-0.4, -0.2) is 16.8 Å². The molecule has 4 aromatic rings. The Morgan fingerprint density at radius 2 is 1.72 bits per heavy atom. The number of anilines is 2. The van der Waals surface area contributed by atoms with E-state index in [1.807, 2.05) is 18.2 Å². The quantitative estimate of drug-likeness (QED) is 0.480. The van der Waals surface area contributed by atoms with Crippen LogP contribution >= 0.6 is 11.6 Å². The van der Waals surface area contributed by atoms with Crippen molar-refractivity contribution in [2.45, 2.75) is 0 Å². The maximum Gasteiger partial charge on any atom is 0.278 e. The molecule has 2 N–H and O–H groups in total. The van der Waals surface area contributed by atoms with Gasteiger partial charge in [0.25, 0.3) is 11.8 Å². The molecule has 2 aromatic heterocycles. The molecule has 144 valence electrons. The summed E-state index contributed by atoms with van der Waals surface area (Å²) < 4.78 is 10.5. The Kier molecular flexibility index (Phi) is 5.13. The van der Waals surface area contributed by atoms with Crippen molar-refractivity contribution in [3.05, 3.63) is 89.6 Å². The third-order valence-electron chi connectivity index (χ3n) is 4.04. The molecule has 2 aromatic carbocycles. The van der Waals surface area contributed by atoms with Crippen molar-refractivity contribution in [2.24, 2.45) is 0 Å². The third-order valence-corrected chi connectivity index (χ3v) is 4.37. The lowest BCUT2D eigenvalue weighted by molar-refractivity contribution is 0.101. The highest BCUT2D eigenvalue weighted by Crippen LogP contribution is 2.27. The highest BCUT2D eigenvalue weighted by molar-refractivity contribution is 6.34. The number of oxazole rings is 1. The van der Waals surface area contributed by atoms with Crippen molar-refractivity contribution in [1.82, 2.24) is 4.98 Å². The minimum atomic E-state index is -0.548. The zero-order chi connectivity index (χ0) is 20.2. The fourth-order valence-corrected chi connectivity index (χ4v) is 2.82. The number of furan rings is 1. The lowest BCUT2D eigenvalue weighted by atomic mass is 10.1. The number of carbonyl (C=O) groups excluding carboxylic acids is 2. The van der Waals surface area contributed by atoms with Crippen LogP contribution in [0.5, 0.6) is 0 Å². The van der Waals surface area contributed by atoms with Crippen LogP contribution in [0, 0.1) is 0 Å². The lowest BCUT2D eigenvalue weighted by Gasteiger charge is -2.10. The number of halogens is 1. The Balaban J connectivity index is 1.55. The standard InChI is InChI=1S/C21H14ClN3O4/c22-15-9-8-13(20(26)24-14-5-2-1-3-6-14)11-16(15)25-21(27)18-19(29-12-23-18)17-7-4-10-28-17/h1-12H,(H,24,26)(H,25,27). The van der Waals surface area contributed by atoms with E-state index in [4.69, 9.17) is 20.4 Å². The number of aromatic nitrogens is 1. The number of para-hydroxylation sites is 1. The van der Waals surface area contributed by atoms with Crippen LogP contribution in [0.25, 0.3) is 11.5 Å². The summed E-state index contributed by atoms with van der Waals surface area (Å²) in [5, 5.41) is 5.71. The molecule has 0 aliphatic heterocycles. The highest BCUT2D eigenvalue weighted by Gasteiger charge is 2.21. The molecule has 0 saturated carbocycles. The van der Waals surface area contributed by atoms with Crippen LogP contribution in [0.4, 0.5) is 11.4 Å². The number of hydrogen-bond donors (Lipinski definition) is 2. The van der Waals surface area contributed by atoms with Crippen LogP contribution in [0.3, 0.4) is 0 Å². The first-order chi connectivity index (χ1) is 14.1. The largest absolute Gasteiger partial charge is 0.461 e. The molecule has 29 heavy (non-hydrogen) atoms. The summed E-state index contributed by atoms with van der Waals surface area (Å²) in [5.74, 6) is -0.315. The van der Waals surface area contributed by atoms with E-state index in [2.05, 4.69) is 15.6 Å². The molecule has 0 aliphatic carbocycles. The third kappa shape index (κ3) is 4.04. The van der Waals surface area contributed by atoms with E-state index in [-0.39, 0.29) is 28.1 Å². The predicted octanol–water partition coefficient (Wildman–Crippen LogP) is 5.09. The molecule has 2 heterocycles. The summed E-state index contributed by atoms with van der Waals surface area (Å²) >= 11 is 6.20. The van der Waals surface area contributed by atoms with Gasteiger partial charge in [0.2, 0.25) is 5.76 Å². The molecular weight excluding hydrogens is 394 g/mol. The SMILES string of the molecule is O=C(Nc1ccccc1)c1ccc(Cl)c(NC(=O)c2ncoc2-c2ccco2)c1. The summed E-state index contributed by atoms with van der Waals surface area (Å²) in [4.78, 5) is 29.1. The number of nitrogens with zero attached hydrogens (tertiary/aromatic N) is 1. The number of benzene rings is 2. The van der Waals surface area contributed by atoms with E-state index in [0.717, 1.165) is 6.39 Å². The van der Waals surface area contributed by atoms with Crippen LogP contribution in [0.15, 0.2) is 82.2 Å². The maximum atomic E-state index is 12.7. The van der Waals surface area contributed by atoms with Crippen molar-refractivity contribution in [3.8, 4) is 11.5 Å². The summed E-state index contributed by atoms with van der Waals surface area (Å²) in [5.41, 5.74) is 1.30. The highest BCUT2D eigenvalue weighted by atomic mass is 35.5. The van der Waals surface area contributed by atoms with E-state index in [0.29, 0.717) is 17.0 Å². The van der Waals surface area contributed by atoms with Gasteiger partial charge in [-0.3, -0.25) is 9.59 Å². The van der Waals surface area contributed by atoms with E-state index < -0.39 is 5.91 Å². The van der Waals surface area contributed by atoms with E-state index in [1.54, 1.807) is 30.3 Å². The molecule has 7 nitrogen and oxygen atoms in total. The lowest BCUT2D eigenvalue weighted by Crippen LogP contribution is -2.16. The van der Waals surface area contributed by atoms with Crippen molar-refractivity contribution in [1.29, 1.82) is 0 Å². The predicted molar refractivity (Wildman–Crippen MR) is 108 cm³/mol. The monoisotopic (exact) mass is 407 g/mol. The van der Waals surface area contributed by atoms with Crippen molar-refractivity contribution >= 4 is 34.8 Å². The Morgan fingerprint density at radius 3 is 2.48 bits per heavy atom. The average Bonchev–Trinajstić information content (AvgIpc) is 3.42. The smallest absolute Gasteiger partial charge is 0.278 e. The Bertz CT molecular complexity index is 1150. The fraction of sp³-hybridized carbons (Fsp3) is 0. The Labute approximate surface area is 170 Å². The van der Waals surface area contributed by atoms with Crippen LogP contribution in [-0.2, 0) is 0 Å². The molecule has 2 amide bonds. The van der Waals surface area contributed by atoms with Gasteiger partial charge in [-0.05, 0) is 42.5 Å². The van der Waals surface area contributed by atoms with Gasteiger partial charge in [0.1, 0.15) is 0 Å². The Morgan fingerprint density at radius 1 is 0.897 bits per heavy atom. The number of nitrogens with one attached hydrogen (secondary N) is 2. The van der Waals surface area contributed by atoms with Gasteiger partial charge < -0.3 is 19.5 Å². The number of amides is 2. The maximum absolute atomic E-state index is 12.7. The summed E-state index contributed by atoms with van der Waals surface area (Å²) in [6, 6.07) is 17.0. The summed E-state index contributed by atoms with van der Waals surface area (Å²) in [6.07, 6.45) is 2.61. The molecular formula is C21H14ClN3O4. The number of hydrogen-bond acceptors (Lipinski definition) is 5. The van der Waals surface area contributed by atoms with Gasteiger partial charge in [0.15, 0.2) is 17.8 Å². The molecule has 8 heteroatoms. The van der Waals surface area contributed by atoms with Crippen LogP contribution in [0.1, 0.15) is 20.8 Å². The molecule has 0 bridgehead atoms. The van der Waals surface area contributed by atoms with Gasteiger partial charge in [0.05, 0.1) is 17.0 Å². The molecule has 0 fully saturated rings. The normalized spacial score (nSPS) is 10.5. The van der Waals surface area contributed by atoms with Gasteiger partial charge in [-0.2, -0.15) is 0 Å². The first kappa shape index (κ1) is 18.5. The molecule has 0 saturated heterocycles. The summed E-state index contributed by atoms with van der Waals surface area (Å²) in [7, 11) is 0. The molecule has 4 rings (SSSR count). The van der Waals surface area contributed by atoms with Crippen LogP contribution in [0.2, 0.25) is 5.02 Å². The van der Waals surface area contributed by atoms with Gasteiger partial charge in [-0.1, -0.05) is 29.8 Å².